The lowest BCUT2D eigenvalue weighted by molar-refractivity contribution is -0.0000732. The highest BCUT2D eigenvalue weighted by Crippen LogP contribution is 2.31. The number of benzene rings is 2. The number of rotatable bonds is 6. The first-order chi connectivity index (χ1) is 18.7. The van der Waals surface area contributed by atoms with Gasteiger partial charge in [-0.2, -0.15) is 0 Å². The molecule has 3 heterocycles. The number of halogens is 1. The van der Waals surface area contributed by atoms with E-state index in [1.807, 2.05) is 63.4 Å². The van der Waals surface area contributed by atoms with E-state index in [-0.39, 0.29) is 38.0 Å². The number of carbonyl (C=O) groups excluding carboxylic acids is 1. The Balaban J connectivity index is 0.00000231. The van der Waals surface area contributed by atoms with Crippen molar-refractivity contribution in [1.82, 2.24) is 19.9 Å². The fourth-order valence-corrected chi connectivity index (χ4v) is 4.70. The fourth-order valence-electron chi connectivity index (χ4n) is 4.70. The van der Waals surface area contributed by atoms with Crippen LogP contribution in [-0.2, 0) is 11.3 Å². The maximum absolute atomic E-state index is 12.4. The van der Waals surface area contributed by atoms with Gasteiger partial charge in [0.25, 0.3) is 0 Å². The molecule has 1 saturated heterocycles. The normalized spacial score (nSPS) is 14.0. The molecule has 2 aromatic heterocycles. The fraction of sp³-hybridized carbons (Fsp3) is 0.333. The molecule has 5 rings (SSSR count). The van der Waals surface area contributed by atoms with Crippen molar-refractivity contribution < 1.29 is 38.0 Å². The van der Waals surface area contributed by atoms with Crippen LogP contribution in [-0.4, -0.2) is 55.7 Å². The number of aromatic amines is 1. The van der Waals surface area contributed by atoms with Gasteiger partial charge in [0.1, 0.15) is 29.3 Å². The number of piperidine rings is 1. The summed E-state index contributed by atoms with van der Waals surface area (Å²) in [6.45, 7) is 7.13. The lowest BCUT2D eigenvalue weighted by Gasteiger charge is -2.33. The van der Waals surface area contributed by atoms with E-state index in [9.17, 15) is 14.7 Å². The second-order valence-corrected chi connectivity index (χ2v) is 10.8. The number of hydrogen-bond acceptors (Lipinski definition) is 6. The van der Waals surface area contributed by atoms with Gasteiger partial charge in [-0.25, -0.2) is 19.6 Å². The molecule has 10 heteroatoms. The van der Waals surface area contributed by atoms with E-state index in [0.29, 0.717) is 35.9 Å². The van der Waals surface area contributed by atoms with E-state index in [2.05, 4.69) is 15.0 Å². The van der Waals surface area contributed by atoms with Crippen LogP contribution in [0.4, 0.5) is 4.79 Å². The number of nitrogens with zero attached hydrogens (tertiary/aromatic N) is 3. The maximum atomic E-state index is 12.4. The summed E-state index contributed by atoms with van der Waals surface area (Å²) in [5.74, 6) is 0.0250. The molecule has 0 bridgehead atoms. The van der Waals surface area contributed by atoms with Crippen LogP contribution in [0.15, 0.2) is 60.8 Å². The highest BCUT2D eigenvalue weighted by molar-refractivity contribution is 5.92. The minimum absolute atomic E-state index is 0. The summed E-state index contributed by atoms with van der Waals surface area (Å²) in [4.78, 5) is 38.6. The number of ether oxygens (including phenoxy) is 2. The molecule has 0 aliphatic carbocycles. The highest BCUT2D eigenvalue weighted by Gasteiger charge is 2.28. The standard InChI is InChI=1S/C30H32N4O5.ClH/c1-30(2,3)39-29(37)34-13-11-20(12-14-34)22-16-24-27(31-17-22)33-26(32-24)21-9-10-25(23(15-21)28(35)36)38-18-19-7-5-4-6-8-19;/h4-10,15-17,20H,11-14,18H2,1-3H3,(H,35,36)(H,31,32,33);1H. The highest BCUT2D eigenvalue weighted by atomic mass is 35.5. The molecule has 0 saturated carbocycles. The Morgan fingerprint density at radius 2 is 1.82 bits per heavy atom. The van der Waals surface area contributed by atoms with E-state index in [1.54, 1.807) is 23.1 Å². The van der Waals surface area contributed by atoms with Gasteiger partial charge < -0.3 is 36.9 Å². The maximum Gasteiger partial charge on any atom is 1.00 e. The Kier molecular flexibility index (Phi) is 8.64. The topological polar surface area (TPSA) is 118 Å². The number of amides is 1. The van der Waals surface area contributed by atoms with Crippen LogP contribution in [0, 0.1) is 0 Å². The molecule has 0 unspecified atom stereocenters. The number of carbonyl (C=O) groups is 2. The molecule has 4 aromatic rings. The second-order valence-electron chi connectivity index (χ2n) is 10.8. The molecule has 0 atom stereocenters. The van der Waals surface area contributed by atoms with Crippen molar-refractivity contribution in [3.05, 3.63) is 77.5 Å². The number of H-pyrrole nitrogens is 1. The molecule has 1 amide bonds. The molecule has 40 heavy (non-hydrogen) atoms. The largest absolute Gasteiger partial charge is 1.00 e. The summed E-state index contributed by atoms with van der Waals surface area (Å²) in [6, 6.07) is 16.6. The Labute approximate surface area is 240 Å². The summed E-state index contributed by atoms with van der Waals surface area (Å²) in [5.41, 5.74) is 3.55. The first-order valence-electron chi connectivity index (χ1n) is 13.0. The molecule has 210 valence electrons. The molecule has 1 aliphatic heterocycles. The van der Waals surface area contributed by atoms with Gasteiger partial charge >= 0.3 is 13.5 Å². The van der Waals surface area contributed by atoms with E-state index < -0.39 is 11.6 Å². The quantitative estimate of drug-likeness (QED) is 0.369. The van der Waals surface area contributed by atoms with Gasteiger partial charge in [-0.15, -0.1) is 0 Å². The molecule has 1 fully saturated rings. The van der Waals surface area contributed by atoms with Crippen molar-refractivity contribution in [2.45, 2.75) is 51.7 Å². The van der Waals surface area contributed by atoms with Crippen LogP contribution in [0.5, 0.6) is 5.75 Å². The predicted molar refractivity (Wildman–Crippen MR) is 148 cm³/mol. The average Bonchev–Trinajstić information content (AvgIpc) is 3.35. The second kappa shape index (κ2) is 12.0. The van der Waals surface area contributed by atoms with Gasteiger partial charge in [-0.1, -0.05) is 30.3 Å². The molecule has 2 N–H and O–H groups in total. The number of fused-ring (bicyclic) bond motifs is 1. The Morgan fingerprint density at radius 1 is 1.10 bits per heavy atom. The van der Waals surface area contributed by atoms with Crippen molar-refractivity contribution >= 4 is 23.2 Å². The number of hydrogen-bond donors (Lipinski definition) is 2. The van der Waals surface area contributed by atoms with Crippen LogP contribution in [0.25, 0.3) is 22.6 Å². The Morgan fingerprint density at radius 3 is 2.50 bits per heavy atom. The summed E-state index contributed by atoms with van der Waals surface area (Å²) in [7, 11) is 0. The van der Waals surface area contributed by atoms with Gasteiger partial charge in [-0.05, 0) is 74.9 Å². The molecular formula is C30H33ClN4O5. The van der Waals surface area contributed by atoms with Gasteiger partial charge in [0.2, 0.25) is 0 Å². The molecular weight excluding hydrogens is 532 g/mol. The lowest BCUT2D eigenvalue weighted by Crippen LogP contribution is -3.00. The van der Waals surface area contributed by atoms with E-state index >= 15 is 0 Å². The average molecular weight is 565 g/mol. The number of aromatic nitrogens is 3. The molecule has 9 nitrogen and oxygen atoms in total. The number of carboxylic acids is 1. The number of pyridine rings is 1. The Hall–Kier alpha value is -4.11. The smallest absolute Gasteiger partial charge is 1.00 e. The van der Waals surface area contributed by atoms with Crippen molar-refractivity contribution in [2.75, 3.05) is 13.1 Å². The van der Waals surface area contributed by atoms with Crippen molar-refractivity contribution in [3.63, 3.8) is 0 Å². The zero-order valence-electron chi connectivity index (χ0n) is 23.7. The number of aromatic carboxylic acids is 1. The van der Waals surface area contributed by atoms with Gasteiger partial charge in [0.15, 0.2) is 5.65 Å². The minimum Gasteiger partial charge on any atom is -1.00 e. The molecule has 0 radical (unpaired) electrons. The van der Waals surface area contributed by atoms with Gasteiger partial charge in [0, 0.05) is 24.8 Å². The van der Waals surface area contributed by atoms with Crippen LogP contribution >= 0.6 is 0 Å². The van der Waals surface area contributed by atoms with Crippen molar-refractivity contribution in [2.24, 2.45) is 0 Å². The molecule has 2 aromatic carbocycles. The van der Waals surface area contributed by atoms with Crippen molar-refractivity contribution in [3.8, 4) is 17.1 Å². The SMILES string of the molecule is CC(C)(C)OC(=O)N1CCC(c2cnc3nc(-c4ccc(OCc5ccccc5)c(C(=O)O)c4)[nH]c3c2)CC1.[Cl-].[H+]. The predicted octanol–water partition coefficient (Wildman–Crippen LogP) is 3.13. The van der Waals surface area contributed by atoms with Crippen LogP contribution in [0.2, 0.25) is 0 Å². The van der Waals surface area contributed by atoms with E-state index in [0.717, 1.165) is 29.5 Å². The Bertz CT molecular complexity index is 1500. The van der Waals surface area contributed by atoms with Gasteiger partial charge in [0.05, 0.1) is 5.52 Å². The third-order valence-corrected chi connectivity index (χ3v) is 6.70. The number of imidazole rings is 1. The summed E-state index contributed by atoms with van der Waals surface area (Å²) < 4.78 is 11.3. The summed E-state index contributed by atoms with van der Waals surface area (Å²) >= 11 is 0. The van der Waals surface area contributed by atoms with Crippen LogP contribution < -0.4 is 17.1 Å². The molecule has 1 aliphatic rings. The summed E-state index contributed by atoms with van der Waals surface area (Å²) in [5, 5.41) is 9.81. The molecule has 0 spiro atoms. The van der Waals surface area contributed by atoms with Crippen LogP contribution in [0.3, 0.4) is 0 Å². The third-order valence-electron chi connectivity index (χ3n) is 6.70. The number of nitrogens with one attached hydrogen (secondary N) is 1. The van der Waals surface area contributed by atoms with E-state index in [1.165, 1.54) is 0 Å². The lowest BCUT2D eigenvalue weighted by atomic mass is 9.90. The van der Waals surface area contributed by atoms with Gasteiger partial charge in [-0.3, -0.25) is 0 Å². The first-order valence-corrected chi connectivity index (χ1v) is 13.0. The first kappa shape index (κ1) is 28.9. The van der Waals surface area contributed by atoms with E-state index in [4.69, 9.17) is 9.47 Å². The van der Waals surface area contributed by atoms with Crippen molar-refractivity contribution in [1.29, 1.82) is 0 Å². The minimum atomic E-state index is -1.07. The third kappa shape index (κ3) is 6.71. The summed E-state index contributed by atoms with van der Waals surface area (Å²) in [6.07, 6.45) is 3.20. The number of likely N-dealkylation sites (tertiary alicyclic amines) is 1. The zero-order chi connectivity index (χ0) is 27.6. The zero-order valence-corrected chi connectivity index (χ0v) is 23.4. The number of carboxylic acid groups (broad SMARTS) is 1. The monoisotopic (exact) mass is 564 g/mol. The van der Waals surface area contributed by atoms with Crippen LogP contribution in [0.1, 0.15) is 62.4 Å².